The molecule has 0 aromatic heterocycles. The van der Waals surface area contributed by atoms with Gasteiger partial charge in [-0.05, 0) is 24.6 Å². The lowest BCUT2D eigenvalue weighted by atomic mass is 9.89. The summed E-state index contributed by atoms with van der Waals surface area (Å²) in [6.45, 7) is 16.7. The SMILES string of the molecule is CN=CC(C)C=Nc1cc(C2=NC(C(C)(C)C)N=C(C(C)(C)C)N2)cc(C#N)c1C. The van der Waals surface area contributed by atoms with Crippen molar-refractivity contribution in [2.75, 3.05) is 7.05 Å². The summed E-state index contributed by atoms with van der Waals surface area (Å²) in [6, 6.07) is 6.16. The first kappa shape index (κ1) is 23.5. The fourth-order valence-corrected chi connectivity index (χ4v) is 2.92. The van der Waals surface area contributed by atoms with E-state index in [1.807, 2.05) is 38.4 Å². The molecule has 0 fully saturated rings. The third-order valence-electron chi connectivity index (χ3n) is 4.83. The summed E-state index contributed by atoms with van der Waals surface area (Å²) >= 11 is 0. The van der Waals surface area contributed by atoms with E-state index in [2.05, 4.69) is 62.9 Å². The quantitative estimate of drug-likeness (QED) is 0.708. The normalized spacial score (nSPS) is 18.7. The van der Waals surface area contributed by atoms with E-state index in [0.29, 0.717) is 5.56 Å². The van der Waals surface area contributed by atoms with E-state index in [4.69, 9.17) is 9.98 Å². The largest absolute Gasteiger partial charge is 0.328 e. The highest BCUT2D eigenvalue weighted by molar-refractivity contribution is 6.12. The van der Waals surface area contributed by atoms with Crippen molar-refractivity contribution < 1.29 is 0 Å². The Morgan fingerprint density at radius 3 is 2.33 bits per heavy atom. The molecule has 160 valence electrons. The maximum atomic E-state index is 9.68. The van der Waals surface area contributed by atoms with Gasteiger partial charge in [-0.15, -0.1) is 0 Å². The minimum absolute atomic E-state index is 0.110. The van der Waals surface area contributed by atoms with Gasteiger partial charge in [-0.1, -0.05) is 48.5 Å². The molecule has 6 heteroatoms. The number of nitriles is 1. The van der Waals surface area contributed by atoms with Crippen LogP contribution in [0.25, 0.3) is 0 Å². The third-order valence-corrected chi connectivity index (χ3v) is 4.83. The van der Waals surface area contributed by atoms with E-state index in [1.165, 1.54) is 0 Å². The van der Waals surface area contributed by atoms with Gasteiger partial charge in [0.25, 0.3) is 0 Å². The van der Waals surface area contributed by atoms with Crippen molar-refractivity contribution in [2.24, 2.45) is 36.7 Å². The molecule has 1 aromatic carbocycles. The van der Waals surface area contributed by atoms with Crippen molar-refractivity contribution in [1.29, 1.82) is 5.26 Å². The van der Waals surface area contributed by atoms with Gasteiger partial charge in [-0.25, -0.2) is 9.98 Å². The van der Waals surface area contributed by atoms with E-state index >= 15 is 0 Å². The first-order valence-electron chi connectivity index (χ1n) is 10.3. The highest BCUT2D eigenvalue weighted by atomic mass is 15.2. The van der Waals surface area contributed by atoms with E-state index in [0.717, 1.165) is 28.5 Å². The molecule has 0 spiro atoms. The fraction of sp³-hybridized carbons (Fsp3) is 0.542. The summed E-state index contributed by atoms with van der Waals surface area (Å²) in [7, 11) is 1.75. The third kappa shape index (κ3) is 5.63. The van der Waals surface area contributed by atoms with Gasteiger partial charge in [0.15, 0.2) is 0 Å². The highest BCUT2D eigenvalue weighted by Gasteiger charge is 2.32. The molecule has 1 aliphatic rings. The van der Waals surface area contributed by atoms with Gasteiger partial charge in [0.2, 0.25) is 0 Å². The molecule has 0 saturated carbocycles. The topological polar surface area (TPSA) is 85.3 Å². The Kier molecular flexibility index (Phi) is 6.97. The Morgan fingerprint density at radius 2 is 1.80 bits per heavy atom. The second kappa shape index (κ2) is 8.91. The fourth-order valence-electron chi connectivity index (χ4n) is 2.92. The van der Waals surface area contributed by atoms with Gasteiger partial charge in [0.1, 0.15) is 17.8 Å². The number of aliphatic imine (C=N–C) groups is 4. The summed E-state index contributed by atoms with van der Waals surface area (Å²) in [4.78, 5) is 18.5. The van der Waals surface area contributed by atoms with Crippen LogP contribution in [-0.4, -0.2) is 37.3 Å². The van der Waals surface area contributed by atoms with Crippen LogP contribution >= 0.6 is 0 Å². The molecule has 0 amide bonds. The number of nitrogens with zero attached hydrogens (tertiary/aromatic N) is 5. The van der Waals surface area contributed by atoms with E-state index in [9.17, 15) is 5.26 Å². The lowest BCUT2D eigenvalue weighted by Crippen LogP contribution is -2.46. The molecule has 1 aromatic rings. The summed E-state index contributed by atoms with van der Waals surface area (Å²) in [5, 5.41) is 13.1. The molecule has 0 saturated heterocycles. The zero-order valence-electron chi connectivity index (χ0n) is 19.7. The van der Waals surface area contributed by atoms with Crippen LogP contribution in [0.1, 0.15) is 65.2 Å². The molecule has 1 aliphatic heterocycles. The summed E-state index contributed by atoms with van der Waals surface area (Å²) in [6.07, 6.45) is 3.47. The lowest BCUT2D eigenvalue weighted by Gasteiger charge is -2.34. The van der Waals surface area contributed by atoms with Crippen LogP contribution in [0, 0.1) is 35.0 Å². The molecular formula is C24H34N6. The van der Waals surface area contributed by atoms with Crippen molar-refractivity contribution >= 4 is 29.8 Å². The van der Waals surface area contributed by atoms with Crippen LogP contribution in [0.5, 0.6) is 0 Å². The van der Waals surface area contributed by atoms with Gasteiger partial charge in [0, 0.05) is 41.8 Å². The molecule has 30 heavy (non-hydrogen) atoms. The van der Waals surface area contributed by atoms with E-state index in [-0.39, 0.29) is 22.9 Å². The zero-order valence-corrected chi connectivity index (χ0v) is 19.7. The molecule has 2 rings (SSSR count). The predicted molar refractivity (Wildman–Crippen MR) is 127 cm³/mol. The molecule has 2 atom stereocenters. The molecule has 0 radical (unpaired) electrons. The Balaban J connectivity index is 2.58. The van der Waals surface area contributed by atoms with Crippen LogP contribution in [0.15, 0.2) is 32.1 Å². The molecule has 6 nitrogen and oxygen atoms in total. The molecular weight excluding hydrogens is 372 g/mol. The van der Waals surface area contributed by atoms with Crippen molar-refractivity contribution in [2.45, 2.75) is 61.6 Å². The molecule has 0 bridgehead atoms. The van der Waals surface area contributed by atoms with Crippen LogP contribution in [0.2, 0.25) is 0 Å². The standard InChI is InChI=1S/C24H34N6/c1-15(13-26-9)14-27-19-11-17(10-18(12-25)16(19)2)20-28-21(23(3,4)5)30-22(29-20)24(6,7)8/h10-11,13-15,21H,1-9H3,(H,28,29,30). The van der Waals surface area contributed by atoms with Crippen LogP contribution in [-0.2, 0) is 0 Å². The van der Waals surface area contributed by atoms with Crippen LogP contribution in [0.4, 0.5) is 5.69 Å². The maximum Gasteiger partial charge on any atom is 0.148 e. The Hall–Kier alpha value is -2.81. The van der Waals surface area contributed by atoms with E-state index < -0.39 is 0 Å². The second-order valence-corrected chi connectivity index (χ2v) is 9.89. The average molecular weight is 407 g/mol. The minimum Gasteiger partial charge on any atom is -0.328 e. The van der Waals surface area contributed by atoms with Crippen molar-refractivity contribution in [3.05, 3.63) is 28.8 Å². The maximum absolute atomic E-state index is 9.68. The minimum atomic E-state index is -0.206. The van der Waals surface area contributed by atoms with Gasteiger partial charge in [-0.3, -0.25) is 4.99 Å². The number of hydrogen-bond donors (Lipinski definition) is 1. The van der Waals surface area contributed by atoms with Crippen molar-refractivity contribution in [1.82, 2.24) is 5.32 Å². The number of hydrogen-bond acceptors (Lipinski definition) is 6. The van der Waals surface area contributed by atoms with Gasteiger partial charge in [0.05, 0.1) is 17.3 Å². The highest BCUT2D eigenvalue weighted by Crippen LogP contribution is 2.30. The van der Waals surface area contributed by atoms with Gasteiger partial charge < -0.3 is 10.3 Å². The average Bonchev–Trinajstić information content (AvgIpc) is 2.65. The number of rotatable bonds is 4. The first-order chi connectivity index (χ1) is 13.9. The Labute approximate surface area is 181 Å². The summed E-state index contributed by atoms with van der Waals surface area (Å²) < 4.78 is 0. The molecule has 1 heterocycles. The summed E-state index contributed by atoms with van der Waals surface area (Å²) in [5.74, 6) is 1.73. The first-order valence-corrected chi connectivity index (χ1v) is 10.3. The van der Waals surface area contributed by atoms with Crippen LogP contribution < -0.4 is 5.32 Å². The van der Waals surface area contributed by atoms with Gasteiger partial charge in [-0.2, -0.15) is 5.26 Å². The Morgan fingerprint density at radius 1 is 1.13 bits per heavy atom. The van der Waals surface area contributed by atoms with E-state index in [1.54, 1.807) is 7.05 Å². The van der Waals surface area contributed by atoms with Crippen molar-refractivity contribution in [3.63, 3.8) is 0 Å². The zero-order chi connectivity index (χ0) is 22.7. The summed E-state index contributed by atoms with van der Waals surface area (Å²) in [5.41, 5.74) is 2.77. The number of amidine groups is 2. The smallest absolute Gasteiger partial charge is 0.148 e. The number of benzene rings is 1. The molecule has 0 aliphatic carbocycles. The molecule has 1 N–H and O–H groups in total. The monoisotopic (exact) mass is 406 g/mol. The predicted octanol–water partition coefficient (Wildman–Crippen LogP) is 5.07. The van der Waals surface area contributed by atoms with Crippen molar-refractivity contribution in [3.8, 4) is 6.07 Å². The van der Waals surface area contributed by atoms with Crippen LogP contribution in [0.3, 0.4) is 0 Å². The Bertz CT molecular complexity index is 946. The number of nitrogens with one attached hydrogen (secondary N) is 1. The van der Waals surface area contributed by atoms with Gasteiger partial charge >= 0.3 is 0 Å². The second-order valence-electron chi connectivity index (χ2n) is 9.89. The molecule has 2 unspecified atom stereocenters. The lowest BCUT2D eigenvalue weighted by molar-refractivity contribution is 0.325.